The molecule has 0 saturated carbocycles. The second kappa shape index (κ2) is 5.31. The summed E-state index contributed by atoms with van der Waals surface area (Å²) >= 11 is 0. The van der Waals surface area contributed by atoms with Gasteiger partial charge < -0.3 is 5.32 Å². The Labute approximate surface area is 102 Å². The van der Waals surface area contributed by atoms with E-state index >= 15 is 0 Å². The molecule has 1 N–H and O–H groups in total. The van der Waals surface area contributed by atoms with Crippen LogP contribution in [0.5, 0.6) is 0 Å². The number of nitrogens with one attached hydrogen (secondary N) is 1. The van der Waals surface area contributed by atoms with Crippen molar-refractivity contribution < 1.29 is 4.79 Å². The van der Waals surface area contributed by atoms with Gasteiger partial charge in [0.25, 0.3) is 0 Å². The third kappa shape index (κ3) is 3.76. The Morgan fingerprint density at radius 2 is 1.88 bits per heavy atom. The van der Waals surface area contributed by atoms with E-state index in [1.807, 2.05) is 36.4 Å². The number of rotatable bonds is 3. The molecule has 0 aliphatic rings. The molecule has 1 rings (SSSR count). The number of anilines is 1. The van der Waals surface area contributed by atoms with E-state index in [4.69, 9.17) is 5.26 Å². The van der Waals surface area contributed by atoms with Crippen molar-refractivity contribution >= 4 is 11.5 Å². The third-order valence-corrected chi connectivity index (χ3v) is 2.20. The van der Waals surface area contributed by atoms with E-state index in [0.717, 1.165) is 5.69 Å². The molecule has 1 aromatic carbocycles. The lowest BCUT2D eigenvalue weighted by Crippen LogP contribution is -2.22. The topological polar surface area (TPSA) is 52.9 Å². The molecule has 0 unspecified atom stereocenters. The highest BCUT2D eigenvalue weighted by molar-refractivity contribution is 6.02. The molecule has 17 heavy (non-hydrogen) atoms. The molecule has 88 valence electrons. The molecule has 0 radical (unpaired) electrons. The Hall–Kier alpha value is -2.08. The summed E-state index contributed by atoms with van der Waals surface area (Å²) in [6, 6.07) is 11.3. The molecule has 0 amide bonds. The Kier molecular flexibility index (Phi) is 4.06. The Bertz CT molecular complexity index is 461. The predicted octanol–water partition coefficient (Wildman–Crippen LogP) is 3.12. The summed E-state index contributed by atoms with van der Waals surface area (Å²) in [5.41, 5.74) is 0.447. The molecule has 0 saturated heterocycles. The largest absolute Gasteiger partial charge is 0.360 e. The SMILES string of the molecule is CC(C)(C)C(=O)/C(C#N)=C\Nc1ccccc1. The van der Waals surface area contributed by atoms with E-state index in [0.29, 0.717) is 0 Å². The number of hydrogen-bond donors (Lipinski definition) is 1. The fraction of sp³-hybridized carbons (Fsp3) is 0.286. The van der Waals surface area contributed by atoms with E-state index in [1.54, 1.807) is 20.8 Å². The number of carbonyl (C=O) groups is 1. The van der Waals surface area contributed by atoms with Crippen LogP contribution in [-0.2, 0) is 4.79 Å². The molecule has 0 bridgehead atoms. The maximum atomic E-state index is 11.9. The molecular formula is C14H16N2O. The molecule has 3 nitrogen and oxygen atoms in total. The number of nitriles is 1. The Balaban J connectivity index is 2.84. The summed E-state index contributed by atoms with van der Waals surface area (Å²) in [6.45, 7) is 5.38. The summed E-state index contributed by atoms with van der Waals surface area (Å²) in [4.78, 5) is 11.9. The molecule has 1 aromatic rings. The summed E-state index contributed by atoms with van der Waals surface area (Å²) in [5.74, 6) is -0.163. The highest BCUT2D eigenvalue weighted by Gasteiger charge is 2.24. The number of Topliss-reactive ketones (excluding diaryl/α,β-unsaturated/α-hetero) is 1. The minimum Gasteiger partial charge on any atom is -0.360 e. The number of benzene rings is 1. The van der Waals surface area contributed by atoms with Gasteiger partial charge in [-0.1, -0.05) is 39.0 Å². The zero-order valence-corrected chi connectivity index (χ0v) is 10.3. The lowest BCUT2D eigenvalue weighted by molar-refractivity contribution is -0.122. The zero-order valence-electron chi connectivity index (χ0n) is 10.3. The van der Waals surface area contributed by atoms with Gasteiger partial charge in [-0.15, -0.1) is 0 Å². The number of para-hydroxylation sites is 1. The molecular weight excluding hydrogens is 212 g/mol. The van der Waals surface area contributed by atoms with Crippen LogP contribution in [0.2, 0.25) is 0 Å². The fourth-order valence-electron chi connectivity index (χ4n) is 1.24. The summed E-state index contributed by atoms with van der Waals surface area (Å²) in [7, 11) is 0. The minimum absolute atomic E-state index is 0.140. The number of ketones is 1. The Morgan fingerprint density at radius 1 is 1.29 bits per heavy atom. The molecule has 0 aliphatic heterocycles. The fourth-order valence-corrected chi connectivity index (χ4v) is 1.24. The minimum atomic E-state index is -0.542. The van der Waals surface area contributed by atoms with Crippen LogP contribution in [0.25, 0.3) is 0 Å². The van der Waals surface area contributed by atoms with Gasteiger partial charge in [0.1, 0.15) is 11.6 Å². The maximum absolute atomic E-state index is 11.9. The number of allylic oxidation sites excluding steroid dienone is 1. The molecule has 0 heterocycles. The first kappa shape index (κ1) is 13.0. The first-order chi connectivity index (χ1) is 7.95. The highest BCUT2D eigenvalue weighted by Crippen LogP contribution is 2.19. The monoisotopic (exact) mass is 228 g/mol. The van der Waals surface area contributed by atoms with Crippen molar-refractivity contribution in [2.75, 3.05) is 5.32 Å². The first-order valence-electron chi connectivity index (χ1n) is 5.42. The van der Waals surface area contributed by atoms with E-state index < -0.39 is 5.41 Å². The zero-order chi connectivity index (χ0) is 12.9. The van der Waals surface area contributed by atoms with Gasteiger partial charge in [0.05, 0.1) is 0 Å². The normalized spacial score (nSPS) is 11.8. The van der Waals surface area contributed by atoms with Crippen molar-refractivity contribution in [1.29, 1.82) is 5.26 Å². The van der Waals surface area contributed by atoms with E-state index in [9.17, 15) is 4.79 Å². The van der Waals surface area contributed by atoms with Gasteiger partial charge in [-0.05, 0) is 12.1 Å². The molecule has 0 aromatic heterocycles. The van der Waals surface area contributed by atoms with Crippen molar-refractivity contribution in [3.05, 3.63) is 42.1 Å². The first-order valence-corrected chi connectivity index (χ1v) is 5.42. The highest BCUT2D eigenvalue weighted by atomic mass is 16.1. The van der Waals surface area contributed by atoms with Gasteiger partial charge in [0, 0.05) is 17.3 Å². The maximum Gasteiger partial charge on any atom is 0.180 e. The predicted molar refractivity (Wildman–Crippen MR) is 68.2 cm³/mol. The average Bonchev–Trinajstić information content (AvgIpc) is 2.30. The van der Waals surface area contributed by atoms with Gasteiger partial charge in [0.2, 0.25) is 0 Å². The van der Waals surface area contributed by atoms with Crippen molar-refractivity contribution in [2.24, 2.45) is 5.41 Å². The lowest BCUT2D eigenvalue weighted by Gasteiger charge is -2.15. The van der Waals surface area contributed by atoms with Gasteiger partial charge in [-0.25, -0.2) is 0 Å². The van der Waals surface area contributed by atoms with Gasteiger partial charge >= 0.3 is 0 Å². The van der Waals surface area contributed by atoms with Gasteiger partial charge in [-0.3, -0.25) is 4.79 Å². The number of carbonyl (C=O) groups excluding carboxylic acids is 1. The van der Waals surface area contributed by atoms with Crippen LogP contribution in [0.1, 0.15) is 20.8 Å². The summed E-state index contributed by atoms with van der Waals surface area (Å²) in [5, 5.41) is 11.9. The van der Waals surface area contributed by atoms with Crippen LogP contribution in [-0.4, -0.2) is 5.78 Å². The smallest absolute Gasteiger partial charge is 0.180 e. The van der Waals surface area contributed by atoms with Crippen LogP contribution in [0.3, 0.4) is 0 Å². The molecule has 0 spiro atoms. The van der Waals surface area contributed by atoms with Crippen molar-refractivity contribution in [1.82, 2.24) is 0 Å². The second-order valence-corrected chi connectivity index (χ2v) is 4.76. The lowest BCUT2D eigenvalue weighted by atomic mass is 9.87. The number of nitrogens with zero attached hydrogens (tertiary/aromatic N) is 1. The van der Waals surface area contributed by atoms with Crippen LogP contribution in [0.15, 0.2) is 42.1 Å². The molecule has 0 atom stereocenters. The summed E-state index contributed by atoms with van der Waals surface area (Å²) < 4.78 is 0. The van der Waals surface area contributed by atoms with Crippen molar-refractivity contribution in [3.8, 4) is 6.07 Å². The molecule has 3 heteroatoms. The average molecular weight is 228 g/mol. The molecule has 0 fully saturated rings. The van der Waals surface area contributed by atoms with Gasteiger partial charge in [-0.2, -0.15) is 5.26 Å². The second-order valence-electron chi connectivity index (χ2n) is 4.76. The summed E-state index contributed by atoms with van der Waals surface area (Å²) in [6.07, 6.45) is 1.46. The van der Waals surface area contributed by atoms with Crippen molar-refractivity contribution in [3.63, 3.8) is 0 Å². The van der Waals surface area contributed by atoms with Crippen LogP contribution >= 0.6 is 0 Å². The third-order valence-electron chi connectivity index (χ3n) is 2.20. The standard InChI is InChI=1S/C14H16N2O/c1-14(2,3)13(17)11(9-15)10-16-12-7-5-4-6-8-12/h4-8,10,16H,1-3H3/b11-10-. The van der Waals surface area contributed by atoms with Crippen LogP contribution in [0, 0.1) is 16.7 Å². The van der Waals surface area contributed by atoms with Crippen molar-refractivity contribution in [2.45, 2.75) is 20.8 Å². The van der Waals surface area contributed by atoms with E-state index in [2.05, 4.69) is 5.32 Å². The van der Waals surface area contributed by atoms with E-state index in [-0.39, 0.29) is 11.4 Å². The Morgan fingerprint density at radius 3 is 2.35 bits per heavy atom. The number of hydrogen-bond acceptors (Lipinski definition) is 3. The quantitative estimate of drug-likeness (QED) is 0.638. The van der Waals surface area contributed by atoms with Crippen LogP contribution in [0.4, 0.5) is 5.69 Å². The van der Waals surface area contributed by atoms with Crippen LogP contribution < -0.4 is 5.32 Å². The molecule has 0 aliphatic carbocycles. The van der Waals surface area contributed by atoms with E-state index in [1.165, 1.54) is 6.20 Å². The van der Waals surface area contributed by atoms with Gasteiger partial charge in [0.15, 0.2) is 5.78 Å².